The van der Waals surface area contributed by atoms with Gasteiger partial charge in [-0.15, -0.1) is 0 Å². The molecule has 3 heterocycles. The predicted octanol–water partition coefficient (Wildman–Crippen LogP) is 4.40. The molecule has 8 heteroatoms. The van der Waals surface area contributed by atoms with Crippen molar-refractivity contribution in [1.82, 2.24) is 25.3 Å². The van der Waals surface area contributed by atoms with Crippen LogP contribution in [0.2, 0.25) is 0 Å². The van der Waals surface area contributed by atoms with E-state index in [-0.39, 0.29) is 11.8 Å². The molecular weight excluding hydrogens is 426 g/mol. The number of para-hydroxylation sites is 1. The zero-order valence-corrected chi connectivity index (χ0v) is 19.9. The SMILES string of the molecule is CNC(=O)c1c(NC)cnc2c(C(C)CCNc3cc(-c4ccc(C)nc4)ncn3)cccc12. The van der Waals surface area contributed by atoms with Crippen LogP contribution in [0.5, 0.6) is 0 Å². The van der Waals surface area contributed by atoms with E-state index in [1.165, 1.54) is 0 Å². The molecule has 0 radical (unpaired) electrons. The molecule has 34 heavy (non-hydrogen) atoms. The molecule has 3 N–H and O–H groups in total. The van der Waals surface area contributed by atoms with E-state index in [2.05, 4.69) is 48.9 Å². The van der Waals surface area contributed by atoms with Gasteiger partial charge in [0.15, 0.2) is 0 Å². The van der Waals surface area contributed by atoms with E-state index in [0.29, 0.717) is 11.3 Å². The number of carbonyl (C=O) groups is 1. The number of amides is 1. The van der Waals surface area contributed by atoms with Gasteiger partial charge >= 0.3 is 0 Å². The molecule has 1 atom stereocenters. The number of pyridine rings is 2. The first-order valence-corrected chi connectivity index (χ1v) is 11.3. The Hall–Kier alpha value is -4.07. The molecule has 0 spiro atoms. The van der Waals surface area contributed by atoms with Crippen molar-refractivity contribution in [2.24, 2.45) is 0 Å². The van der Waals surface area contributed by atoms with E-state index in [1.54, 1.807) is 26.6 Å². The zero-order valence-electron chi connectivity index (χ0n) is 19.9. The molecule has 3 aromatic heterocycles. The van der Waals surface area contributed by atoms with Crippen LogP contribution in [0.1, 0.15) is 40.9 Å². The van der Waals surface area contributed by atoms with Crippen LogP contribution in [0, 0.1) is 6.92 Å². The van der Waals surface area contributed by atoms with Crippen LogP contribution < -0.4 is 16.0 Å². The third-order valence-corrected chi connectivity index (χ3v) is 5.94. The number of aryl methyl sites for hydroxylation is 1. The van der Waals surface area contributed by atoms with E-state index in [0.717, 1.165) is 52.2 Å². The van der Waals surface area contributed by atoms with Crippen molar-refractivity contribution in [3.8, 4) is 11.3 Å². The molecule has 0 saturated heterocycles. The normalized spacial score (nSPS) is 11.8. The summed E-state index contributed by atoms with van der Waals surface area (Å²) in [5, 5.41) is 10.1. The standard InChI is InChI=1S/C26H29N7O/c1-16(10-11-29-23-12-21(32-15-33-23)18-9-8-17(2)30-13-18)19-6-5-7-20-24(26(34)28-4)22(27-3)14-31-25(19)20/h5-9,12-16,27H,10-11H2,1-4H3,(H,28,34)(H,29,32,33). The fourth-order valence-corrected chi connectivity index (χ4v) is 4.01. The Balaban J connectivity index is 1.50. The minimum absolute atomic E-state index is 0.133. The maximum atomic E-state index is 12.6. The van der Waals surface area contributed by atoms with Crippen molar-refractivity contribution in [3.05, 3.63) is 71.9 Å². The van der Waals surface area contributed by atoms with Crippen LogP contribution in [-0.2, 0) is 0 Å². The molecule has 174 valence electrons. The quantitative estimate of drug-likeness (QED) is 0.362. The van der Waals surface area contributed by atoms with Crippen molar-refractivity contribution in [2.75, 3.05) is 31.3 Å². The number of hydrogen-bond acceptors (Lipinski definition) is 7. The van der Waals surface area contributed by atoms with E-state index in [9.17, 15) is 4.79 Å². The summed E-state index contributed by atoms with van der Waals surface area (Å²) in [6.45, 7) is 4.87. The van der Waals surface area contributed by atoms with Crippen molar-refractivity contribution < 1.29 is 4.79 Å². The number of nitrogens with one attached hydrogen (secondary N) is 3. The Morgan fingerprint density at radius 1 is 1.03 bits per heavy atom. The summed E-state index contributed by atoms with van der Waals surface area (Å²) in [5.41, 5.74) is 6.04. The van der Waals surface area contributed by atoms with E-state index < -0.39 is 0 Å². The second kappa shape index (κ2) is 10.2. The summed E-state index contributed by atoms with van der Waals surface area (Å²) in [7, 11) is 3.43. The number of benzene rings is 1. The maximum absolute atomic E-state index is 12.6. The van der Waals surface area contributed by atoms with Gasteiger partial charge in [-0.2, -0.15) is 0 Å². The number of hydrogen-bond donors (Lipinski definition) is 3. The second-order valence-corrected chi connectivity index (χ2v) is 8.21. The third kappa shape index (κ3) is 4.80. The van der Waals surface area contributed by atoms with Gasteiger partial charge in [-0.3, -0.25) is 14.8 Å². The Morgan fingerprint density at radius 3 is 2.62 bits per heavy atom. The highest BCUT2D eigenvalue weighted by Crippen LogP contribution is 2.31. The Morgan fingerprint density at radius 2 is 1.88 bits per heavy atom. The lowest BCUT2D eigenvalue weighted by Gasteiger charge is -2.17. The molecule has 8 nitrogen and oxygen atoms in total. The third-order valence-electron chi connectivity index (χ3n) is 5.94. The molecule has 1 amide bonds. The average molecular weight is 456 g/mol. The summed E-state index contributed by atoms with van der Waals surface area (Å²) < 4.78 is 0. The van der Waals surface area contributed by atoms with Gasteiger partial charge in [-0.05, 0) is 37.0 Å². The number of fused-ring (bicyclic) bond motifs is 1. The molecule has 0 aliphatic carbocycles. The fraction of sp³-hybridized carbons (Fsp3) is 0.269. The zero-order chi connectivity index (χ0) is 24.1. The highest BCUT2D eigenvalue weighted by molar-refractivity contribution is 6.11. The number of aromatic nitrogens is 4. The first-order chi connectivity index (χ1) is 16.5. The summed E-state index contributed by atoms with van der Waals surface area (Å²) in [4.78, 5) is 30.3. The predicted molar refractivity (Wildman–Crippen MR) is 136 cm³/mol. The molecule has 4 aromatic rings. The van der Waals surface area contributed by atoms with Gasteiger partial charge in [0.1, 0.15) is 12.1 Å². The topological polar surface area (TPSA) is 105 Å². The largest absolute Gasteiger partial charge is 0.386 e. The van der Waals surface area contributed by atoms with Gasteiger partial charge in [0.25, 0.3) is 5.91 Å². The van der Waals surface area contributed by atoms with Crippen LogP contribution in [0.4, 0.5) is 11.5 Å². The minimum atomic E-state index is -0.133. The smallest absolute Gasteiger partial charge is 0.253 e. The number of rotatable bonds is 8. The van der Waals surface area contributed by atoms with E-state index >= 15 is 0 Å². The number of carbonyl (C=O) groups excluding carboxylic acids is 1. The van der Waals surface area contributed by atoms with Crippen molar-refractivity contribution in [1.29, 1.82) is 0 Å². The molecule has 0 bridgehead atoms. The van der Waals surface area contributed by atoms with Crippen molar-refractivity contribution in [3.63, 3.8) is 0 Å². The van der Waals surface area contributed by atoms with Crippen molar-refractivity contribution >= 4 is 28.3 Å². The summed E-state index contributed by atoms with van der Waals surface area (Å²) in [6.07, 6.45) is 5.98. The number of anilines is 2. The first-order valence-electron chi connectivity index (χ1n) is 11.3. The molecule has 0 aliphatic heterocycles. The average Bonchev–Trinajstić information content (AvgIpc) is 2.87. The van der Waals surface area contributed by atoms with Crippen LogP contribution >= 0.6 is 0 Å². The highest BCUT2D eigenvalue weighted by Gasteiger charge is 2.18. The molecule has 1 aromatic carbocycles. The van der Waals surface area contributed by atoms with E-state index in [4.69, 9.17) is 0 Å². The lowest BCUT2D eigenvalue weighted by Crippen LogP contribution is -2.20. The lowest BCUT2D eigenvalue weighted by atomic mass is 9.93. The highest BCUT2D eigenvalue weighted by atomic mass is 16.1. The molecule has 0 aliphatic rings. The monoisotopic (exact) mass is 455 g/mol. The Labute approximate surface area is 199 Å². The van der Waals surface area contributed by atoms with Gasteiger partial charge in [-0.25, -0.2) is 9.97 Å². The Kier molecular flexibility index (Phi) is 6.96. The number of nitrogens with zero attached hydrogens (tertiary/aromatic N) is 4. The van der Waals surface area contributed by atoms with Gasteiger partial charge in [-0.1, -0.05) is 25.1 Å². The van der Waals surface area contributed by atoms with E-state index in [1.807, 2.05) is 43.5 Å². The van der Waals surface area contributed by atoms with Gasteiger partial charge < -0.3 is 16.0 Å². The van der Waals surface area contributed by atoms with Gasteiger partial charge in [0.05, 0.1) is 28.7 Å². The summed E-state index contributed by atoms with van der Waals surface area (Å²) >= 11 is 0. The lowest BCUT2D eigenvalue weighted by molar-refractivity contribution is 0.0965. The van der Waals surface area contributed by atoms with Crippen LogP contribution in [-0.4, -0.2) is 46.5 Å². The molecular formula is C26H29N7O. The minimum Gasteiger partial charge on any atom is -0.386 e. The second-order valence-electron chi connectivity index (χ2n) is 8.21. The fourth-order valence-electron chi connectivity index (χ4n) is 4.01. The first kappa shape index (κ1) is 23.1. The van der Waals surface area contributed by atoms with Crippen LogP contribution in [0.15, 0.2) is 55.1 Å². The van der Waals surface area contributed by atoms with Crippen LogP contribution in [0.25, 0.3) is 22.2 Å². The Bertz CT molecular complexity index is 1300. The summed E-state index contributed by atoms with van der Waals surface area (Å²) in [5.74, 6) is 0.866. The molecule has 0 fully saturated rings. The molecule has 1 unspecified atom stereocenters. The molecule has 0 saturated carbocycles. The van der Waals surface area contributed by atoms with Gasteiger partial charge in [0.2, 0.25) is 0 Å². The van der Waals surface area contributed by atoms with Gasteiger partial charge in [0, 0.05) is 49.5 Å². The molecule has 4 rings (SSSR count). The maximum Gasteiger partial charge on any atom is 0.253 e. The summed E-state index contributed by atoms with van der Waals surface area (Å²) in [6, 6.07) is 11.9. The van der Waals surface area contributed by atoms with Crippen molar-refractivity contribution in [2.45, 2.75) is 26.2 Å². The van der Waals surface area contributed by atoms with Crippen LogP contribution in [0.3, 0.4) is 0 Å².